The first kappa shape index (κ1) is 26.1. The van der Waals surface area contributed by atoms with E-state index in [9.17, 15) is 0 Å². The molecular formula is C46H28O. The molecule has 9 aromatic carbocycles. The summed E-state index contributed by atoms with van der Waals surface area (Å²) < 4.78 is 6.65. The second-order valence-electron chi connectivity index (χ2n) is 12.4. The van der Waals surface area contributed by atoms with Crippen molar-refractivity contribution in [1.29, 1.82) is 0 Å². The number of hydrogen-bond donors (Lipinski definition) is 0. The van der Waals surface area contributed by atoms with E-state index in [1.54, 1.807) is 0 Å². The van der Waals surface area contributed by atoms with Gasteiger partial charge in [-0.15, -0.1) is 0 Å². The molecule has 1 heteroatoms. The van der Waals surface area contributed by atoms with Gasteiger partial charge in [0.05, 0.1) is 0 Å². The molecule has 10 aromatic rings. The van der Waals surface area contributed by atoms with Gasteiger partial charge in [0.25, 0.3) is 0 Å². The molecule has 1 heterocycles. The molecule has 10 rings (SSSR count). The Morgan fingerprint density at radius 2 is 0.851 bits per heavy atom. The largest absolute Gasteiger partial charge is 0.455 e. The lowest BCUT2D eigenvalue weighted by atomic mass is 9.82. The maximum atomic E-state index is 6.65. The highest BCUT2D eigenvalue weighted by atomic mass is 16.3. The summed E-state index contributed by atoms with van der Waals surface area (Å²) in [4.78, 5) is 0. The first-order valence-electron chi connectivity index (χ1n) is 16.2. The second kappa shape index (κ2) is 10.2. The number of fused-ring (bicyclic) bond motifs is 8. The zero-order chi connectivity index (χ0) is 30.9. The van der Waals surface area contributed by atoms with Gasteiger partial charge in [0.2, 0.25) is 0 Å². The van der Waals surface area contributed by atoms with Crippen molar-refractivity contribution in [3.63, 3.8) is 0 Å². The Kier molecular flexibility index (Phi) is 5.64. The Morgan fingerprint density at radius 3 is 1.51 bits per heavy atom. The molecule has 0 aliphatic carbocycles. The normalized spacial score (nSPS) is 11.8. The van der Waals surface area contributed by atoms with Crippen molar-refractivity contribution in [2.45, 2.75) is 0 Å². The molecule has 0 aliphatic heterocycles. The fourth-order valence-electron chi connectivity index (χ4n) is 7.77. The van der Waals surface area contributed by atoms with E-state index in [1.807, 2.05) is 0 Å². The predicted molar refractivity (Wildman–Crippen MR) is 200 cm³/mol. The van der Waals surface area contributed by atoms with Gasteiger partial charge in [-0.05, 0) is 95.3 Å². The maximum absolute atomic E-state index is 6.65. The van der Waals surface area contributed by atoms with E-state index in [0.29, 0.717) is 0 Å². The fraction of sp³-hybridized carbons (Fsp3) is 0. The Labute approximate surface area is 271 Å². The molecule has 0 radical (unpaired) electrons. The van der Waals surface area contributed by atoms with E-state index in [2.05, 4.69) is 170 Å². The molecule has 0 aliphatic rings. The molecule has 0 saturated heterocycles. The summed E-state index contributed by atoms with van der Waals surface area (Å²) in [5.41, 5.74) is 9.24. The molecule has 1 nitrogen and oxygen atoms in total. The van der Waals surface area contributed by atoms with Crippen molar-refractivity contribution in [3.8, 4) is 33.4 Å². The van der Waals surface area contributed by atoms with Crippen molar-refractivity contribution in [2.24, 2.45) is 0 Å². The third kappa shape index (κ3) is 3.90. The van der Waals surface area contributed by atoms with Crippen molar-refractivity contribution in [1.82, 2.24) is 0 Å². The van der Waals surface area contributed by atoms with E-state index >= 15 is 0 Å². The average Bonchev–Trinajstić information content (AvgIpc) is 3.53. The molecule has 0 atom stereocenters. The van der Waals surface area contributed by atoms with Crippen LogP contribution in [0, 0.1) is 0 Å². The Hall–Kier alpha value is -6.18. The number of hydrogen-bond acceptors (Lipinski definition) is 1. The molecular weight excluding hydrogens is 569 g/mol. The molecule has 0 saturated carbocycles. The molecule has 47 heavy (non-hydrogen) atoms. The lowest BCUT2D eigenvalue weighted by Gasteiger charge is -2.20. The number of furan rings is 1. The van der Waals surface area contributed by atoms with Crippen molar-refractivity contribution in [2.75, 3.05) is 0 Å². The summed E-state index contributed by atoms with van der Waals surface area (Å²) in [7, 11) is 0. The van der Waals surface area contributed by atoms with Gasteiger partial charge in [0.1, 0.15) is 11.2 Å². The van der Waals surface area contributed by atoms with Crippen LogP contribution in [0.25, 0.3) is 98.4 Å². The van der Waals surface area contributed by atoms with Crippen LogP contribution in [-0.4, -0.2) is 0 Å². The zero-order valence-corrected chi connectivity index (χ0v) is 25.6. The standard InChI is InChI=1S/C46H28O/c1-2-13-29(14-3-1)40-27-31-16-4-5-17-32(31)28-41(40)44-36-21-10-8-19-34(36)43(35-20-9-11-22-37(35)44)38-23-12-24-42-45(38)39-26-25-30-15-6-7-18-33(30)46(39)47-42/h1-28H. The topological polar surface area (TPSA) is 13.1 Å². The predicted octanol–water partition coefficient (Wildman–Crippen LogP) is 13.2. The second-order valence-corrected chi connectivity index (χ2v) is 12.4. The van der Waals surface area contributed by atoms with E-state index in [-0.39, 0.29) is 0 Å². The van der Waals surface area contributed by atoms with Gasteiger partial charge in [-0.2, -0.15) is 0 Å². The van der Waals surface area contributed by atoms with Crippen LogP contribution in [0.3, 0.4) is 0 Å². The first-order chi connectivity index (χ1) is 23.3. The number of benzene rings is 9. The van der Waals surface area contributed by atoms with Gasteiger partial charge in [0, 0.05) is 16.2 Å². The Bertz CT molecular complexity index is 2780. The van der Waals surface area contributed by atoms with Gasteiger partial charge in [0.15, 0.2) is 0 Å². The smallest absolute Gasteiger partial charge is 0.143 e. The summed E-state index contributed by atoms with van der Waals surface area (Å²) in [6.45, 7) is 0. The van der Waals surface area contributed by atoms with Crippen molar-refractivity contribution in [3.05, 3.63) is 170 Å². The van der Waals surface area contributed by atoms with Gasteiger partial charge in [-0.25, -0.2) is 0 Å². The highest BCUT2D eigenvalue weighted by Crippen LogP contribution is 2.49. The molecule has 0 spiro atoms. The quantitative estimate of drug-likeness (QED) is 0.185. The maximum Gasteiger partial charge on any atom is 0.143 e. The van der Waals surface area contributed by atoms with Crippen molar-refractivity contribution < 1.29 is 4.42 Å². The Balaban J connectivity index is 1.36. The van der Waals surface area contributed by atoms with E-state index in [4.69, 9.17) is 4.42 Å². The van der Waals surface area contributed by atoms with Crippen LogP contribution in [0.5, 0.6) is 0 Å². The van der Waals surface area contributed by atoms with Crippen LogP contribution < -0.4 is 0 Å². The van der Waals surface area contributed by atoms with Crippen LogP contribution in [-0.2, 0) is 0 Å². The lowest BCUT2D eigenvalue weighted by molar-refractivity contribution is 0.673. The first-order valence-corrected chi connectivity index (χ1v) is 16.2. The summed E-state index contributed by atoms with van der Waals surface area (Å²) in [5, 5.41) is 12.1. The SMILES string of the molecule is c1ccc(-c2cc3ccccc3cc2-c2c3ccccc3c(-c3cccc4oc5c6ccccc6ccc5c34)c3ccccc23)cc1. The minimum absolute atomic E-state index is 0.909. The minimum atomic E-state index is 0.909. The van der Waals surface area contributed by atoms with Crippen molar-refractivity contribution >= 4 is 65.0 Å². The third-order valence-corrected chi connectivity index (χ3v) is 9.83. The summed E-state index contributed by atoms with van der Waals surface area (Å²) in [5.74, 6) is 0. The highest BCUT2D eigenvalue weighted by molar-refractivity contribution is 6.27. The van der Waals surface area contributed by atoms with Gasteiger partial charge >= 0.3 is 0 Å². The van der Waals surface area contributed by atoms with E-state index in [0.717, 1.165) is 27.3 Å². The van der Waals surface area contributed by atoms with Crippen LogP contribution >= 0.6 is 0 Å². The zero-order valence-electron chi connectivity index (χ0n) is 25.6. The lowest BCUT2D eigenvalue weighted by Crippen LogP contribution is -1.93. The molecule has 0 N–H and O–H groups in total. The molecule has 0 bridgehead atoms. The van der Waals surface area contributed by atoms with E-state index in [1.165, 1.54) is 71.1 Å². The molecule has 0 fully saturated rings. The highest BCUT2D eigenvalue weighted by Gasteiger charge is 2.22. The van der Waals surface area contributed by atoms with Gasteiger partial charge < -0.3 is 4.42 Å². The summed E-state index contributed by atoms with van der Waals surface area (Å²) in [6, 6.07) is 61.6. The third-order valence-electron chi connectivity index (χ3n) is 9.83. The summed E-state index contributed by atoms with van der Waals surface area (Å²) >= 11 is 0. The minimum Gasteiger partial charge on any atom is -0.455 e. The fourth-order valence-corrected chi connectivity index (χ4v) is 7.77. The average molecular weight is 597 g/mol. The van der Waals surface area contributed by atoms with Crippen LogP contribution in [0.4, 0.5) is 0 Å². The van der Waals surface area contributed by atoms with Gasteiger partial charge in [-0.3, -0.25) is 0 Å². The molecule has 218 valence electrons. The van der Waals surface area contributed by atoms with Crippen LogP contribution in [0.2, 0.25) is 0 Å². The van der Waals surface area contributed by atoms with Gasteiger partial charge in [-0.1, -0.05) is 146 Å². The summed E-state index contributed by atoms with van der Waals surface area (Å²) in [6.07, 6.45) is 0. The molecule has 1 aromatic heterocycles. The number of rotatable bonds is 3. The Morgan fingerprint density at radius 1 is 0.319 bits per heavy atom. The van der Waals surface area contributed by atoms with Crippen LogP contribution in [0.1, 0.15) is 0 Å². The monoisotopic (exact) mass is 596 g/mol. The molecule has 0 unspecified atom stereocenters. The molecule has 0 amide bonds. The van der Waals surface area contributed by atoms with E-state index < -0.39 is 0 Å². The van der Waals surface area contributed by atoms with Crippen LogP contribution in [0.15, 0.2) is 174 Å².